The highest BCUT2D eigenvalue weighted by Crippen LogP contribution is 2.18. The molecule has 0 aromatic rings. The van der Waals surface area contributed by atoms with Gasteiger partial charge in [-0.25, -0.2) is 0 Å². The Hall–Kier alpha value is -1.16. The van der Waals surface area contributed by atoms with Crippen molar-refractivity contribution in [2.75, 3.05) is 0 Å². The summed E-state index contributed by atoms with van der Waals surface area (Å²) in [4.78, 5) is 21.3. The molecular weight excluding hydrogens is 158 g/mol. The third kappa shape index (κ3) is 1.92. The van der Waals surface area contributed by atoms with Crippen LogP contribution in [-0.4, -0.2) is 22.9 Å². The van der Waals surface area contributed by atoms with Crippen molar-refractivity contribution in [2.24, 2.45) is 11.7 Å². The Labute approximate surface area is 70.1 Å². The van der Waals surface area contributed by atoms with Crippen molar-refractivity contribution < 1.29 is 14.7 Å². The molecule has 4 nitrogen and oxygen atoms in total. The molecule has 0 radical (unpaired) electrons. The average Bonchev–Trinajstić information content (AvgIpc) is 2.36. The Morgan fingerprint density at radius 3 is 2.92 bits per heavy atom. The normalized spacial score (nSPS) is 24.4. The molecule has 0 spiro atoms. The Morgan fingerprint density at radius 1 is 1.83 bits per heavy atom. The molecule has 4 heteroatoms. The largest absolute Gasteiger partial charge is 0.480 e. The molecule has 1 rings (SSSR count). The van der Waals surface area contributed by atoms with Crippen LogP contribution in [0, 0.1) is 5.92 Å². The molecule has 0 amide bonds. The van der Waals surface area contributed by atoms with Gasteiger partial charge in [0, 0.05) is 5.92 Å². The fourth-order valence-corrected chi connectivity index (χ4v) is 1.22. The van der Waals surface area contributed by atoms with Crippen LogP contribution in [0.1, 0.15) is 12.8 Å². The van der Waals surface area contributed by atoms with Crippen LogP contribution in [0.3, 0.4) is 0 Å². The minimum atomic E-state index is -1.05. The monoisotopic (exact) mass is 169 g/mol. The van der Waals surface area contributed by atoms with Crippen LogP contribution in [-0.2, 0) is 9.59 Å². The topological polar surface area (TPSA) is 80.4 Å². The lowest BCUT2D eigenvalue weighted by atomic mass is 9.97. The van der Waals surface area contributed by atoms with Crippen molar-refractivity contribution in [1.82, 2.24) is 0 Å². The summed E-state index contributed by atoms with van der Waals surface area (Å²) in [6, 6.07) is -0.918. The highest BCUT2D eigenvalue weighted by atomic mass is 16.4. The van der Waals surface area contributed by atoms with E-state index in [9.17, 15) is 9.59 Å². The van der Waals surface area contributed by atoms with Gasteiger partial charge in [-0.2, -0.15) is 0 Å². The number of carboxylic acids is 1. The Bertz CT molecular complexity index is 234. The number of carbonyl (C=O) groups is 2. The highest BCUT2D eigenvalue weighted by molar-refractivity contribution is 5.94. The second-order valence-corrected chi connectivity index (χ2v) is 2.92. The molecular formula is C8H11NO3. The molecule has 0 saturated heterocycles. The third-order valence-corrected chi connectivity index (χ3v) is 1.96. The summed E-state index contributed by atoms with van der Waals surface area (Å²) in [6.45, 7) is 0. The lowest BCUT2D eigenvalue weighted by molar-refractivity contribution is -0.139. The SMILES string of the molecule is N[C@@H](CC1CC=CC1=O)C(=O)O. The zero-order valence-electron chi connectivity index (χ0n) is 6.56. The Kier molecular flexibility index (Phi) is 2.60. The number of aliphatic carboxylic acids is 1. The molecule has 12 heavy (non-hydrogen) atoms. The quantitative estimate of drug-likeness (QED) is 0.619. The zero-order valence-corrected chi connectivity index (χ0v) is 6.56. The summed E-state index contributed by atoms with van der Waals surface area (Å²) >= 11 is 0. The molecule has 0 bridgehead atoms. The van der Waals surface area contributed by atoms with Gasteiger partial charge in [0.25, 0.3) is 0 Å². The lowest BCUT2D eigenvalue weighted by Crippen LogP contribution is -2.33. The van der Waals surface area contributed by atoms with E-state index in [1.54, 1.807) is 6.08 Å². The first-order valence-electron chi connectivity index (χ1n) is 3.80. The third-order valence-electron chi connectivity index (χ3n) is 1.96. The van der Waals surface area contributed by atoms with Crippen molar-refractivity contribution in [2.45, 2.75) is 18.9 Å². The fraction of sp³-hybridized carbons (Fsp3) is 0.500. The molecule has 0 saturated carbocycles. The van der Waals surface area contributed by atoms with E-state index in [1.165, 1.54) is 6.08 Å². The first-order valence-corrected chi connectivity index (χ1v) is 3.80. The van der Waals surface area contributed by atoms with Crippen molar-refractivity contribution in [3.63, 3.8) is 0 Å². The molecule has 1 aliphatic rings. The van der Waals surface area contributed by atoms with E-state index < -0.39 is 12.0 Å². The molecule has 2 atom stereocenters. The molecule has 1 aliphatic carbocycles. The number of nitrogens with two attached hydrogens (primary N) is 1. The van der Waals surface area contributed by atoms with Crippen LogP contribution in [0.2, 0.25) is 0 Å². The maximum atomic E-state index is 11.0. The molecule has 3 N–H and O–H groups in total. The number of carbonyl (C=O) groups excluding carboxylic acids is 1. The van der Waals surface area contributed by atoms with Gasteiger partial charge in [-0.3, -0.25) is 9.59 Å². The summed E-state index contributed by atoms with van der Waals surface area (Å²) in [7, 11) is 0. The molecule has 0 heterocycles. The van der Waals surface area contributed by atoms with Crippen molar-refractivity contribution >= 4 is 11.8 Å². The molecule has 0 aliphatic heterocycles. The van der Waals surface area contributed by atoms with E-state index in [-0.39, 0.29) is 18.1 Å². The summed E-state index contributed by atoms with van der Waals surface area (Å²) < 4.78 is 0. The molecule has 0 fully saturated rings. The van der Waals surface area contributed by atoms with Crippen LogP contribution in [0.4, 0.5) is 0 Å². The molecule has 1 unspecified atom stereocenters. The number of allylic oxidation sites excluding steroid dienone is 2. The van der Waals surface area contributed by atoms with Crippen molar-refractivity contribution in [3.8, 4) is 0 Å². The van der Waals surface area contributed by atoms with Crippen LogP contribution < -0.4 is 5.73 Å². The first-order chi connectivity index (χ1) is 5.61. The van der Waals surface area contributed by atoms with E-state index in [2.05, 4.69) is 0 Å². The smallest absolute Gasteiger partial charge is 0.320 e. The number of hydrogen-bond acceptors (Lipinski definition) is 3. The number of rotatable bonds is 3. The van der Waals surface area contributed by atoms with Gasteiger partial charge < -0.3 is 10.8 Å². The van der Waals surface area contributed by atoms with E-state index in [4.69, 9.17) is 10.8 Å². The van der Waals surface area contributed by atoms with Crippen LogP contribution in [0.25, 0.3) is 0 Å². The van der Waals surface area contributed by atoms with E-state index in [1.807, 2.05) is 0 Å². The maximum absolute atomic E-state index is 11.0. The van der Waals surface area contributed by atoms with Gasteiger partial charge in [0.15, 0.2) is 5.78 Å². The Morgan fingerprint density at radius 2 is 2.50 bits per heavy atom. The van der Waals surface area contributed by atoms with E-state index in [0.717, 1.165) is 0 Å². The maximum Gasteiger partial charge on any atom is 0.320 e. The van der Waals surface area contributed by atoms with Crippen LogP contribution >= 0.6 is 0 Å². The van der Waals surface area contributed by atoms with Gasteiger partial charge in [0.05, 0.1) is 0 Å². The summed E-state index contributed by atoms with van der Waals surface area (Å²) in [5, 5.41) is 8.47. The molecule has 0 aromatic carbocycles. The van der Waals surface area contributed by atoms with Crippen LogP contribution in [0.15, 0.2) is 12.2 Å². The second kappa shape index (κ2) is 3.49. The minimum Gasteiger partial charge on any atom is -0.480 e. The van der Waals surface area contributed by atoms with Crippen molar-refractivity contribution in [3.05, 3.63) is 12.2 Å². The second-order valence-electron chi connectivity index (χ2n) is 2.92. The van der Waals surface area contributed by atoms with Crippen molar-refractivity contribution in [1.29, 1.82) is 0 Å². The van der Waals surface area contributed by atoms with Gasteiger partial charge in [-0.1, -0.05) is 6.08 Å². The fourth-order valence-electron chi connectivity index (χ4n) is 1.22. The predicted octanol–water partition coefficient (Wildman–Crippen LogP) is -0.0664. The van der Waals surface area contributed by atoms with Gasteiger partial charge >= 0.3 is 5.97 Å². The number of hydrogen-bond donors (Lipinski definition) is 2. The first kappa shape index (κ1) is 8.93. The Balaban J connectivity index is 2.42. The van der Waals surface area contributed by atoms with E-state index >= 15 is 0 Å². The average molecular weight is 169 g/mol. The number of carboxylic acid groups (broad SMARTS) is 1. The van der Waals surface area contributed by atoms with Gasteiger partial charge in [0.2, 0.25) is 0 Å². The van der Waals surface area contributed by atoms with Gasteiger partial charge in [-0.15, -0.1) is 0 Å². The predicted molar refractivity (Wildman–Crippen MR) is 42.5 cm³/mol. The zero-order chi connectivity index (χ0) is 9.14. The highest BCUT2D eigenvalue weighted by Gasteiger charge is 2.24. The van der Waals surface area contributed by atoms with Gasteiger partial charge in [0.1, 0.15) is 6.04 Å². The van der Waals surface area contributed by atoms with Crippen LogP contribution in [0.5, 0.6) is 0 Å². The molecule has 0 aromatic heterocycles. The number of ketones is 1. The summed E-state index contributed by atoms with van der Waals surface area (Å²) in [5.74, 6) is -1.27. The molecule has 66 valence electrons. The standard InChI is InChI=1S/C8H11NO3/c9-6(8(11)12)4-5-2-1-3-7(5)10/h1,3,5-6H,2,4,9H2,(H,11,12)/t5?,6-/m0/s1. The van der Waals surface area contributed by atoms with E-state index in [0.29, 0.717) is 6.42 Å². The van der Waals surface area contributed by atoms with Gasteiger partial charge in [-0.05, 0) is 18.9 Å². The summed E-state index contributed by atoms with van der Waals surface area (Å²) in [6.07, 6.45) is 4.10. The minimum absolute atomic E-state index is 0.00769. The lowest BCUT2D eigenvalue weighted by Gasteiger charge is -2.10. The summed E-state index contributed by atoms with van der Waals surface area (Å²) in [5.41, 5.74) is 5.28.